The van der Waals surface area contributed by atoms with Gasteiger partial charge in [-0.25, -0.2) is 13.1 Å². The minimum Gasteiger partial charge on any atom is -0.495 e. The number of methoxy groups -OCH3 is 1. The average molecular weight is 356 g/mol. The maximum Gasteiger partial charge on any atom is 0.249 e. The third kappa shape index (κ3) is 4.46. The van der Waals surface area contributed by atoms with E-state index < -0.39 is 16.1 Å². The van der Waals surface area contributed by atoms with Crippen LogP contribution < -0.4 is 14.8 Å². The van der Waals surface area contributed by atoms with E-state index >= 15 is 0 Å². The van der Waals surface area contributed by atoms with Crippen molar-refractivity contribution >= 4 is 15.9 Å². The molecule has 1 amide bonds. The van der Waals surface area contributed by atoms with Gasteiger partial charge in [0, 0.05) is 19.7 Å². The summed E-state index contributed by atoms with van der Waals surface area (Å²) in [4.78, 5) is 11.9. The molecule has 1 fully saturated rings. The second-order valence-electron chi connectivity index (χ2n) is 5.78. The van der Waals surface area contributed by atoms with Crippen molar-refractivity contribution < 1.29 is 22.7 Å². The molecule has 1 unspecified atom stereocenters. The quantitative estimate of drug-likeness (QED) is 0.708. The van der Waals surface area contributed by atoms with Crippen molar-refractivity contribution in [2.75, 3.05) is 26.8 Å². The number of carbonyl (C=O) groups is 1. The fourth-order valence-electron chi connectivity index (χ4n) is 2.48. The lowest BCUT2D eigenvalue weighted by Crippen LogP contribution is -2.39. The number of amides is 1. The van der Waals surface area contributed by atoms with Gasteiger partial charge in [0.2, 0.25) is 15.9 Å². The maximum absolute atomic E-state index is 12.4. The second-order valence-corrected chi connectivity index (χ2v) is 7.51. The molecule has 2 N–H and O–H groups in total. The van der Waals surface area contributed by atoms with Crippen molar-refractivity contribution in [3.8, 4) is 5.75 Å². The Hall–Kier alpha value is -1.64. The van der Waals surface area contributed by atoms with Gasteiger partial charge in [-0.15, -0.1) is 0 Å². The van der Waals surface area contributed by atoms with Crippen LogP contribution in [0.5, 0.6) is 5.75 Å². The van der Waals surface area contributed by atoms with Crippen LogP contribution in [0.25, 0.3) is 0 Å². The second kappa shape index (κ2) is 7.96. The molecular formula is C16H24N2O5S. The first-order valence-electron chi connectivity index (χ1n) is 7.89. The molecule has 7 nitrogen and oxygen atoms in total. The molecule has 0 bridgehead atoms. The number of nitrogens with one attached hydrogen (secondary N) is 2. The minimum absolute atomic E-state index is 0.0941. The third-order valence-corrected chi connectivity index (χ3v) is 5.49. The Morgan fingerprint density at radius 2 is 2.00 bits per heavy atom. The molecule has 0 aliphatic carbocycles. The summed E-state index contributed by atoms with van der Waals surface area (Å²) in [6.07, 6.45) is 1.16. The Kier molecular flexibility index (Phi) is 6.20. The van der Waals surface area contributed by atoms with Crippen LogP contribution >= 0.6 is 0 Å². The van der Waals surface area contributed by atoms with E-state index in [0.29, 0.717) is 18.8 Å². The van der Waals surface area contributed by atoms with Crippen LogP contribution in [0.4, 0.5) is 0 Å². The fourth-order valence-corrected chi connectivity index (χ4v) is 3.75. The summed E-state index contributed by atoms with van der Waals surface area (Å²) in [5.41, 5.74) is 1.82. The monoisotopic (exact) mass is 356 g/mol. The summed E-state index contributed by atoms with van der Waals surface area (Å²) in [6.45, 7) is 4.62. The zero-order chi connectivity index (χ0) is 17.7. The molecule has 1 heterocycles. The van der Waals surface area contributed by atoms with E-state index in [1.807, 2.05) is 13.8 Å². The molecule has 1 aliphatic rings. The molecule has 1 aromatic rings. The summed E-state index contributed by atoms with van der Waals surface area (Å²) in [5.74, 6) is 0.101. The van der Waals surface area contributed by atoms with Gasteiger partial charge in [0.1, 0.15) is 16.7 Å². The first-order chi connectivity index (χ1) is 11.3. The van der Waals surface area contributed by atoms with Crippen molar-refractivity contribution in [1.82, 2.24) is 10.0 Å². The van der Waals surface area contributed by atoms with Crippen LogP contribution in [0.15, 0.2) is 17.0 Å². The molecule has 1 aliphatic heterocycles. The standard InChI is InChI=1S/C16H24N2O5S/c1-11-9-14(22-3)15(10-12(11)2)24(20,21)18-7-6-17-16(19)13-5-4-8-23-13/h9-10,13,18H,4-8H2,1-3H3,(H,17,19). The lowest BCUT2D eigenvalue weighted by Gasteiger charge is -2.14. The molecule has 0 spiro atoms. The Balaban J connectivity index is 1.94. The highest BCUT2D eigenvalue weighted by Crippen LogP contribution is 2.27. The molecule has 1 saturated heterocycles. The highest BCUT2D eigenvalue weighted by molar-refractivity contribution is 7.89. The predicted molar refractivity (Wildman–Crippen MR) is 89.6 cm³/mol. The molecule has 134 valence electrons. The van der Waals surface area contributed by atoms with Crippen LogP contribution in [0.1, 0.15) is 24.0 Å². The normalized spacial score (nSPS) is 17.7. The Morgan fingerprint density at radius 3 is 2.62 bits per heavy atom. The van der Waals surface area contributed by atoms with Gasteiger partial charge in [-0.3, -0.25) is 4.79 Å². The van der Waals surface area contributed by atoms with Crippen molar-refractivity contribution in [3.05, 3.63) is 23.3 Å². The number of rotatable bonds is 7. The van der Waals surface area contributed by atoms with Crippen LogP contribution in [0.3, 0.4) is 0 Å². The van der Waals surface area contributed by atoms with Crippen molar-refractivity contribution in [1.29, 1.82) is 0 Å². The maximum atomic E-state index is 12.4. The minimum atomic E-state index is -3.72. The van der Waals surface area contributed by atoms with Gasteiger partial charge < -0.3 is 14.8 Å². The molecule has 0 aromatic heterocycles. The third-order valence-electron chi connectivity index (χ3n) is 4.01. The Bertz CT molecular complexity index is 697. The fraction of sp³-hybridized carbons (Fsp3) is 0.562. The number of benzene rings is 1. The summed E-state index contributed by atoms with van der Waals surface area (Å²) >= 11 is 0. The van der Waals surface area contributed by atoms with Gasteiger partial charge in [0.15, 0.2) is 0 Å². The van der Waals surface area contributed by atoms with Gasteiger partial charge in [-0.1, -0.05) is 0 Å². The van der Waals surface area contributed by atoms with E-state index in [-0.39, 0.29) is 23.9 Å². The van der Waals surface area contributed by atoms with Crippen LogP contribution in [0.2, 0.25) is 0 Å². The van der Waals surface area contributed by atoms with Crippen LogP contribution in [0, 0.1) is 13.8 Å². The highest BCUT2D eigenvalue weighted by atomic mass is 32.2. The van der Waals surface area contributed by atoms with Crippen molar-refractivity contribution in [3.63, 3.8) is 0 Å². The highest BCUT2D eigenvalue weighted by Gasteiger charge is 2.24. The van der Waals surface area contributed by atoms with Gasteiger partial charge in [0.25, 0.3) is 0 Å². The number of hydrogen-bond acceptors (Lipinski definition) is 5. The van der Waals surface area contributed by atoms with Gasteiger partial charge in [-0.05, 0) is 49.9 Å². The average Bonchev–Trinajstić information content (AvgIpc) is 3.08. The van der Waals surface area contributed by atoms with Gasteiger partial charge >= 0.3 is 0 Å². The number of carbonyl (C=O) groups excluding carboxylic acids is 1. The zero-order valence-corrected chi connectivity index (χ0v) is 15.0. The van der Waals surface area contributed by atoms with E-state index in [1.165, 1.54) is 7.11 Å². The largest absolute Gasteiger partial charge is 0.495 e. The molecule has 24 heavy (non-hydrogen) atoms. The summed E-state index contributed by atoms with van der Waals surface area (Å²) in [5, 5.41) is 2.68. The van der Waals surface area contributed by atoms with Gasteiger partial charge in [0.05, 0.1) is 7.11 Å². The van der Waals surface area contributed by atoms with Crippen molar-refractivity contribution in [2.45, 2.75) is 37.7 Å². The van der Waals surface area contributed by atoms with E-state index in [2.05, 4.69) is 10.0 Å². The predicted octanol–water partition coefficient (Wildman–Crippen LogP) is 0.886. The SMILES string of the molecule is COc1cc(C)c(C)cc1S(=O)(=O)NCCNC(=O)C1CCCO1. The smallest absolute Gasteiger partial charge is 0.249 e. The molecule has 0 saturated carbocycles. The molecule has 1 atom stereocenters. The number of aryl methyl sites for hydroxylation is 2. The first kappa shape index (κ1) is 18.7. The van der Waals surface area contributed by atoms with Gasteiger partial charge in [-0.2, -0.15) is 0 Å². The Morgan fingerprint density at radius 1 is 1.29 bits per heavy atom. The molecule has 2 rings (SSSR count). The van der Waals surface area contributed by atoms with Crippen molar-refractivity contribution in [2.24, 2.45) is 0 Å². The molecular weight excluding hydrogens is 332 g/mol. The number of sulfonamides is 1. The Labute approximate surface area is 142 Å². The molecule has 1 aromatic carbocycles. The van der Waals surface area contributed by atoms with E-state index in [4.69, 9.17) is 9.47 Å². The lowest BCUT2D eigenvalue weighted by molar-refractivity contribution is -0.129. The van der Waals surface area contributed by atoms with E-state index in [1.54, 1.807) is 12.1 Å². The van der Waals surface area contributed by atoms with E-state index in [9.17, 15) is 13.2 Å². The summed E-state index contributed by atoms with van der Waals surface area (Å²) in [7, 11) is -2.28. The first-order valence-corrected chi connectivity index (χ1v) is 9.37. The van der Waals surface area contributed by atoms with E-state index in [0.717, 1.165) is 17.5 Å². The number of hydrogen-bond donors (Lipinski definition) is 2. The lowest BCUT2D eigenvalue weighted by atomic mass is 10.1. The zero-order valence-electron chi connectivity index (χ0n) is 14.2. The molecule has 0 radical (unpaired) electrons. The molecule has 8 heteroatoms. The van der Waals surface area contributed by atoms with Crippen LogP contribution in [-0.2, 0) is 19.6 Å². The topological polar surface area (TPSA) is 93.7 Å². The van der Waals surface area contributed by atoms with Crippen LogP contribution in [-0.4, -0.2) is 47.2 Å². The summed E-state index contributed by atoms with van der Waals surface area (Å²) < 4.78 is 37.8. The number of ether oxygens (including phenoxy) is 2. The summed E-state index contributed by atoms with van der Waals surface area (Å²) in [6, 6.07) is 3.28.